The molecular formula is C11HClF20O5. The highest BCUT2D eigenvalue weighted by atomic mass is 35.5. The van der Waals surface area contributed by atoms with Crippen LogP contribution in [0.25, 0.3) is 0 Å². The molecule has 1 N–H and O–H groups in total. The third-order valence-electron chi connectivity index (χ3n) is 3.28. The summed E-state index contributed by atoms with van der Waals surface area (Å²) in [6.07, 6.45) is -36.3. The number of carboxylic acid groups (broad SMARTS) is 1. The van der Waals surface area contributed by atoms with Gasteiger partial charge < -0.3 is 5.11 Å². The van der Waals surface area contributed by atoms with E-state index in [1.165, 1.54) is 9.47 Å². The normalized spacial score (nSPS) is 17.5. The Morgan fingerprint density at radius 3 is 1.16 bits per heavy atom. The fourth-order valence-electron chi connectivity index (χ4n) is 1.54. The zero-order valence-electron chi connectivity index (χ0n) is 15.5. The van der Waals surface area contributed by atoms with Crippen molar-refractivity contribution in [2.75, 3.05) is 0 Å². The van der Waals surface area contributed by atoms with E-state index in [9.17, 15) is 92.6 Å². The van der Waals surface area contributed by atoms with Crippen LogP contribution >= 0.6 is 11.6 Å². The summed E-state index contributed by atoms with van der Waals surface area (Å²) in [5, 5.41) is 0.268. The van der Waals surface area contributed by atoms with Gasteiger partial charge in [0.15, 0.2) is 0 Å². The molecule has 0 aromatic rings. The Balaban J connectivity index is 6.38. The molecule has 0 aliphatic carbocycles. The Bertz CT molecular complexity index is 850. The van der Waals surface area contributed by atoms with E-state index in [2.05, 4.69) is 11.6 Å². The van der Waals surface area contributed by atoms with Crippen molar-refractivity contribution in [3.05, 3.63) is 0 Å². The van der Waals surface area contributed by atoms with E-state index in [1.54, 1.807) is 4.74 Å². The Kier molecular flexibility index (Phi) is 8.73. The number of aliphatic carboxylic acids is 1. The van der Waals surface area contributed by atoms with Crippen LogP contribution in [0.15, 0.2) is 0 Å². The van der Waals surface area contributed by atoms with Gasteiger partial charge in [-0.2, -0.15) is 65.9 Å². The molecule has 0 saturated heterocycles. The Morgan fingerprint density at radius 2 is 0.838 bits per heavy atom. The van der Waals surface area contributed by atoms with Crippen LogP contribution in [0.4, 0.5) is 87.8 Å². The molecule has 5 nitrogen and oxygen atoms in total. The van der Waals surface area contributed by atoms with Gasteiger partial charge in [0.05, 0.1) is 0 Å². The summed E-state index contributed by atoms with van der Waals surface area (Å²) >= 11 is 3.35. The van der Waals surface area contributed by atoms with Crippen molar-refractivity contribution in [2.45, 2.75) is 59.8 Å². The highest BCUT2D eigenvalue weighted by Gasteiger charge is 2.93. The lowest BCUT2D eigenvalue weighted by atomic mass is 9.94. The standard InChI is InChI=1S/C11HClF20O5/c12-3(15,8(24,25)26)4(16,17)5(18,19)6(20,21)7(22,23)9(27,28)36-11(31,32)37-10(29,30)35-2(13,14)1(33)34/h(H,33,34). The average molecular weight is 629 g/mol. The number of halogens is 21. The summed E-state index contributed by atoms with van der Waals surface area (Å²) in [4.78, 5) is 9.82. The Labute approximate surface area is 190 Å². The highest BCUT2D eigenvalue weighted by Crippen LogP contribution is 2.63. The maximum atomic E-state index is 13.4. The molecule has 0 aromatic heterocycles. The van der Waals surface area contributed by atoms with E-state index in [0.29, 0.717) is 0 Å². The molecule has 0 aliphatic rings. The van der Waals surface area contributed by atoms with Crippen molar-refractivity contribution in [1.82, 2.24) is 0 Å². The molecule has 0 saturated carbocycles. The molecule has 37 heavy (non-hydrogen) atoms. The van der Waals surface area contributed by atoms with Crippen molar-refractivity contribution in [1.29, 1.82) is 0 Å². The Morgan fingerprint density at radius 1 is 0.514 bits per heavy atom. The zero-order chi connectivity index (χ0) is 30.7. The SMILES string of the molecule is O=C(O)C(F)(F)OC(F)(F)OC(F)(F)OC(F)(F)C(F)(F)C(F)(F)C(F)(F)C(F)(F)C(F)(Cl)C(F)(F)F. The summed E-state index contributed by atoms with van der Waals surface area (Å²) < 4.78 is 263. The minimum Gasteiger partial charge on any atom is -0.475 e. The van der Waals surface area contributed by atoms with Crippen molar-refractivity contribution in [3.63, 3.8) is 0 Å². The van der Waals surface area contributed by atoms with Crippen molar-refractivity contribution in [3.8, 4) is 0 Å². The number of carbonyl (C=O) groups is 1. The molecule has 26 heteroatoms. The molecule has 0 amide bonds. The highest BCUT2D eigenvalue weighted by molar-refractivity contribution is 6.24. The first kappa shape index (κ1) is 35.2. The van der Waals surface area contributed by atoms with Crippen molar-refractivity contribution < 1.29 is 112 Å². The van der Waals surface area contributed by atoms with Crippen molar-refractivity contribution >= 4 is 17.6 Å². The van der Waals surface area contributed by atoms with Crippen LogP contribution in [0.1, 0.15) is 0 Å². The molecule has 1 unspecified atom stereocenters. The number of carboxylic acids is 1. The van der Waals surface area contributed by atoms with E-state index in [4.69, 9.17) is 5.11 Å². The lowest BCUT2D eigenvalue weighted by Gasteiger charge is -2.42. The largest absolute Gasteiger partial charge is 0.497 e. The quantitative estimate of drug-likeness (QED) is 0.154. The molecule has 0 rings (SSSR count). The third kappa shape index (κ3) is 6.12. The second-order valence-electron chi connectivity index (χ2n) is 5.94. The Hall–Kier alpha value is -1.76. The minimum atomic E-state index is -8.81. The van der Waals surface area contributed by atoms with Gasteiger partial charge >= 0.3 is 65.8 Å². The van der Waals surface area contributed by atoms with Gasteiger partial charge in [0.1, 0.15) is 0 Å². The van der Waals surface area contributed by atoms with Gasteiger partial charge in [-0.3, -0.25) is 0 Å². The molecule has 222 valence electrons. The first-order chi connectivity index (χ1) is 15.6. The van der Waals surface area contributed by atoms with Gasteiger partial charge in [0, 0.05) is 0 Å². The van der Waals surface area contributed by atoms with Crippen LogP contribution in [0.2, 0.25) is 0 Å². The number of rotatable bonds is 12. The van der Waals surface area contributed by atoms with Crippen LogP contribution in [0.5, 0.6) is 0 Å². The van der Waals surface area contributed by atoms with Gasteiger partial charge in [-0.1, -0.05) is 11.6 Å². The van der Waals surface area contributed by atoms with Crippen LogP contribution in [-0.4, -0.2) is 70.9 Å². The fraction of sp³-hybridized carbons (Fsp3) is 0.909. The smallest absolute Gasteiger partial charge is 0.475 e. The monoisotopic (exact) mass is 628 g/mol. The molecule has 1 atom stereocenters. The summed E-state index contributed by atoms with van der Waals surface area (Å²) in [6, 6.07) is 0. The molecular weight excluding hydrogens is 628 g/mol. The predicted molar refractivity (Wildman–Crippen MR) is 66.2 cm³/mol. The summed E-state index contributed by atoms with van der Waals surface area (Å²) in [5.74, 6) is -38.3. The number of alkyl halides is 21. The van der Waals surface area contributed by atoms with Gasteiger partial charge in [-0.25, -0.2) is 23.4 Å². The number of hydrogen-bond donors (Lipinski definition) is 1. The number of ether oxygens (including phenoxy) is 3. The van der Waals surface area contributed by atoms with Crippen LogP contribution in [-0.2, 0) is 19.0 Å². The van der Waals surface area contributed by atoms with Crippen LogP contribution < -0.4 is 0 Å². The second-order valence-corrected chi connectivity index (χ2v) is 6.46. The maximum absolute atomic E-state index is 13.4. The van der Waals surface area contributed by atoms with Gasteiger partial charge in [0.25, 0.3) is 0 Å². The first-order valence-electron chi connectivity index (χ1n) is 7.37. The predicted octanol–water partition coefficient (Wildman–Crippen LogP) is 6.42. The van der Waals surface area contributed by atoms with E-state index < -0.39 is 65.8 Å². The van der Waals surface area contributed by atoms with E-state index in [-0.39, 0.29) is 0 Å². The van der Waals surface area contributed by atoms with Gasteiger partial charge in [-0.15, -0.1) is 17.6 Å². The summed E-state index contributed by atoms with van der Waals surface area (Å²) in [7, 11) is 0. The lowest BCUT2D eigenvalue weighted by Crippen LogP contribution is -2.73. The molecule has 0 heterocycles. The van der Waals surface area contributed by atoms with E-state index in [0.717, 1.165) is 0 Å². The topological polar surface area (TPSA) is 65.0 Å². The summed E-state index contributed by atoms with van der Waals surface area (Å²) in [5.41, 5.74) is 0. The molecule has 0 bridgehead atoms. The van der Waals surface area contributed by atoms with Gasteiger partial charge in [0.2, 0.25) is 0 Å². The van der Waals surface area contributed by atoms with Crippen molar-refractivity contribution in [2.24, 2.45) is 0 Å². The fourth-order valence-corrected chi connectivity index (χ4v) is 1.66. The zero-order valence-corrected chi connectivity index (χ0v) is 16.3. The molecule has 0 radical (unpaired) electrons. The van der Waals surface area contributed by atoms with Crippen LogP contribution in [0, 0.1) is 0 Å². The van der Waals surface area contributed by atoms with Gasteiger partial charge in [-0.05, 0) is 0 Å². The molecule has 0 fully saturated rings. The van der Waals surface area contributed by atoms with Crippen LogP contribution in [0.3, 0.4) is 0 Å². The third-order valence-corrected chi connectivity index (χ3v) is 3.73. The lowest BCUT2D eigenvalue weighted by molar-refractivity contribution is -0.586. The average Bonchev–Trinajstić information content (AvgIpc) is 2.56. The molecule has 0 spiro atoms. The minimum absolute atomic E-state index is 1.25. The number of hydrogen-bond acceptors (Lipinski definition) is 4. The molecule has 0 aliphatic heterocycles. The first-order valence-corrected chi connectivity index (χ1v) is 7.75. The summed E-state index contributed by atoms with van der Waals surface area (Å²) in [6.45, 7) is 0. The van der Waals surface area contributed by atoms with E-state index >= 15 is 0 Å². The molecule has 0 aromatic carbocycles. The maximum Gasteiger partial charge on any atom is 0.497 e. The second kappa shape index (κ2) is 9.17. The van der Waals surface area contributed by atoms with E-state index in [1.807, 2.05) is 0 Å².